The molecule has 3 atom stereocenters. The fourth-order valence-corrected chi connectivity index (χ4v) is 5.16. The Labute approximate surface area is 155 Å². The van der Waals surface area contributed by atoms with E-state index in [0.29, 0.717) is 16.1 Å². The van der Waals surface area contributed by atoms with Gasteiger partial charge in [0, 0.05) is 47.9 Å². The first kappa shape index (κ1) is 16.2. The third kappa shape index (κ3) is 2.17. The first-order chi connectivity index (χ1) is 12.6. The standard InChI is InChI=1S/C20H19ClFN3O/c21-16-7-11(14-5-6-24-19-18(14)17(22)10-25-19)1-4-15(16)20(26)12-2-3-13(20)9-23-8-12/h1,4-7,10,12-13,23,26H,2-3,8-9H2,(H,24,25)/t12-,13+,20?. The van der Waals surface area contributed by atoms with Crippen molar-refractivity contribution in [2.24, 2.45) is 11.8 Å². The molecule has 5 rings (SSSR count). The minimum Gasteiger partial charge on any atom is -0.384 e. The molecule has 26 heavy (non-hydrogen) atoms. The third-order valence-electron chi connectivity index (χ3n) is 6.13. The lowest BCUT2D eigenvalue weighted by Crippen LogP contribution is -2.50. The van der Waals surface area contributed by atoms with Crippen molar-refractivity contribution >= 4 is 22.6 Å². The van der Waals surface area contributed by atoms with Gasteiger partial charge in [0.05, 0.1) is 11.0 Å². The fourth-order valence-electron chi connectivity index (χ4n) is 4.83. The van der Waals surface area contributed by atoms with Crippen molar-refractivity contribution in [2.75, 3.05) is 13.1 Å². The van der Waals surface area contributed by atoms with Crippen LogP contribution in [0.5, 0.6) is 0 Å². The topological polar surface area (TPSA) is 60.9 Å². The molecule has 2 aliphatic rings. The highest BCUT2D eigenvalue weighted by Gasteiger charge is 2.52. The van der Waals surface area contributed by atoms with E-state index < -0.39 is 5.60 Å². The summed E-state index contributed by atoms with van der Waals surface area (Å²) in [6.45, 7) is 1.62. The molecule has 1 aliphatic carbocycles. The molecule has 0 spiro atoms. The van der Waals surface area contributed by atoms with Gasteiger partial charge in [-0.2, -0.15) is 0 Å². The summed E-state index contributed by atoms with van der Waals surface area (Å²) in [7, 11) is 0. The van der Waals surface area contributed by atoms with Crippen molar-refractivity contribution in [1.29, 1.82) is 0 Å². The molecule has 2 aromatic heterocycles. The van der Waals surface area contributed by atoms with Crippen LogP contribution in [0.4, 0.5) is 4.39 Å². The van der Waals surface area contributed by atoms with Gasteiger partial charge in [0.1, 0.15) is 5.65 Å². The average Bonchev–Trinajstić information content (AvgIpc) is 3.05. The maximum absolute atomic E-state index is 14.2. The Balaban J connectivity index is 1.62. The van der Waals surface area contributed by atoms with Gasteiger partial charge >= 0.3 is 0 Å². The van der Waals surface area contributed by atoms with Crippen LogP contribution < -0.4 is 5.32 Å². The van der Waals surface area contributed by atoms with Crippen LogP contribution in [0.3, 0.4) is 0 Å². The second kappa shape index (κ2) is 5.78. The van der Waals surface area contributed by atoms with Crippen LogP contribution in [0.2, 0.25) is 5.02 Å². The number of rotatable bonds is 2. The summed E-state index contributed by atoms with van der Waals surface area (Å²) in [4.78, 5) is 7.00. The van der Waals surface area contributed by atoms with E-state index in [0.717, 1.165) is 42.6 Å². The van der Waals surface area contributed by atoms with Gasteiger partial charge < -0.3 is 15.4 Å². The Hall–Kier alpha value is -1.95. The van der Waals surface area contributed by atoms with Crippen LogP contribution in [0.25, 0.3) is 22.2 Å². The number of H-pyrrole nitrogens is 1. The largest absolute Gasteiger partial charge is 0.384 e. The summed E-state index contributed by atoms with van der Waals surface area (Å²) < 4.78 is 14.2. The summed E-state index contributed by atoms with van der Waals surface area (Å²) >= 11 is 6.63. The van der Waals surface area contributed by atoms with Crippen LogP contribution in [0.15, 0.2) is 36.7 Å². The van der Waals surface area contributed by atoms with Gasteiger partial charge in [0.2, 0.25) is 0 Å². The van der Waals surface area contributed by atoms with Crippen molar-refractivity contribution in [2.45, 2.75) is 18.4 Å². The van der Waals surface area contributed by atoms with E-state index in [2.05, 4.69) is 15.3 Å². The Morgan fingerprint density at radius 3 is 2.69 bits per heavy atom. The van der Waals surface area contributed by atoms with Crippen molar-refractivity contribution in [1.82, 2.24) is 15.3 Å². The van der Waals surface area contributed by atoms with Gasteiger partial charge in [0.25, 0.3) is 0 Å². The van der Waals surface area contributed by atoms with Crippen LogP contribution >= 0.6 is 11.6 Å². The highest BCUT2D eigenvalue weighted by molar-refractivity contribution is 6.31. The number of piperidine rings is 1. The molecular weight excluding hydrogens is 353 g/mol. The van der Waals surface area contributed by atoms with Gasteiger partial charge in [-0.25, -0.2) is 9.37 Å². The molecule has 0 amide bonds. The molecule has 0 radical (unpaired) electrons. The highest BCUT2D eigenvalue weighted by atomic mass is 35.5. The van der Waals surface area contributed by atoms with E-state index in [1.165, 1.54) is 6.20 Å². The highest BCUT2D eigenvalue weighted by Crippen LogP contribution is 2.51. The normalized spacial score (nSPS) is 28.0. The molecule has 1 aromatic carbocycles. The van der Waals surface area contributed by atoms with Gasteiger partial charge in [-0.3, -0.25) is 0 Å². The predicted molar refractivity (Wildman–Crippen MR) is 99.5 cm³/mol. The van der Waals surface area contributed by atoms with E-state index >= 15 is 0 Å². The number of halogens is 2. The lowest BCUT2D eigenvalue weighted by Gasteiger charge is -2.40. The van der Waals surface area contributed by atoms with E-state index in [4.69, 9.17) is 11.6 Å². The molecule has 2 fully saturated rings. The maximum atomic E-state index is 14.2. The molecule has 3 heterocycles. The summed E-state index contributed by atoms with van der Waals surface area (Å²) in [6, 6.07) is 7.44. The quantitative estimate of drug-likeness (QED) is 0.641. The zero-order valence-corrected chi connectivity index (χ0v) is 14.9. The molecule has 1 saturated heterocycles. The Bertz CT molecular complexity index is 986. The molecule has 6 heteroatoms. The van der Waals surface area contributed by atoms with Crippen molar-refractivity contribution in [3.8, 4) is 11.1 Å². The maximum Gasteiger partial charge on any atom is 0.150 e. The smallest absolute Gasteiger partial charge is 0.150 e. The molecule has 1 unspecified atom stereocenters. The monoisotopic (exact) mass is 371 g/mol. The summed E-state index contributed by atoms with van der Waals surface area (Å²) in [5, 5.41) is 15.9. The van der Waals surface area contributed by atoms with E-state index in [1.54, 1.807) is 12.3 Å². The van der Waals surface area contributed by atoms with E-state index in [9.17, 15) is 9.50 Å². The van der Waals surface area contributed by atoms with Crippen LogP contribution in [-0.4, -0.2) is 28.2 Å². The lowest BCUT2D eigenvalue weighted by molar-refractivity contribution is -0.0575. The van der Waals surface area contributed by atoms with Crippen molar-refractivity contribution in [3.05, 3.63) is 53.1 Å². The van der Waals surface area contributed by atoms with E-state index in [1.807, 2.05) is 18.2 Å². The number of fused-ring (bicyclic) bond motifs is 3. The Morgan fingerprint density at radius 2 is 1.96 bits per heavy atom. The van der Waals surface area contributed by atoms with Gasteiger partial charge in [0.15, 0.2) is 5.82 Å². The predicted octanol–water partition coefficient (Wildman–Crippen LogP) is 3.84. The number of hydrogen-bond donors (Lipinski definition) is 3. The molecule has 3 aromatic rings. The summed E-state index contributed by atoms with van der Waals surface area (Å²) in [6.07, 6.45) is 4.97. The Morgan fingerprint density at radius 1 is 1.19 bits per heavy atom. The number of nitrogens with zero attached hydrogens (tertiary/aromatic N) is 1. The second-order valence-electron chi connectivity index (χ2n) is 7.37. The molecular formula is C20H19ClFN3O. The summed E-state index contributed by atoms with van der Waals surface area (Å²) in [5.74, 6) is 0.0250. The molecule has 1 saturated carbocycles. The number of nitrogens with one attached hydrogen (secondary N) is 2. The first-order valence-electron chi connectivity index (χ1n) is 8.94. The lowest BCUT2D eigenvalue weighted by atomic mass is 9.75. The minimum atomic E-state index is -0.881. The molecule has 1 aliphatic heterocycles. The second-order valence-corrected chi connectivity index (χ2v) is 7.78. The zero-order valence-electron chi connectivity index (χ0n) is 14.1. The number of hydrogen-bond acceptors (Lipinski definition) is 3. The van der Waals surface area contributed by atoms with Crippen molar-refractivity contribution in [3.63, 3.8) is 0 Å². The van der Waals surface area contributed by atoms with Crippen LogP contribution in [0, 0.1) is 17.7 Å². The number of aromatic amines is 1. The number of benzene rings is 1. The third-order valence-corrected chi connectivity index (χ3v) is 6.44. The van der Waals surface area contributed by atoms with Gasteiger partial charge in [-0.05, 0) is 36.1 Å². The van der Waals surface area contributed by atoms with Crippen molar-refractivity contribution < 1.29 is 9.50 Å². The number of aromatic nitrogens is 2. The molecule has 2 bridgehead atoms. The van der Waals surface area contributed by atoms with Gasteiger partial charge in [-0.1, -0.05) is 23.7 Å². The van der Waals surface area contributed by atoms with Gasteiger partial charge in [-0.15, -0.1) is 0 Å². The molecule has 4 nitrogen and oxygen atoms in total. The fraction of sp³-hybridized carbons (Fsp3) is 0.350. The molecule has 3 N–H and O–H groups in total. The Kier molecular flexibility index (Phi) is 3.61. The first-order valence-corrected chi connectivity index (χ1v) is 9.32. The number of pyridine rings is 1. The summed E-state index contributed by atoms with van der Waals surface area (Å²) in [5.41, 5.74) is 1.97. The van der Waals surface area contributed by atoms with E-state index in [-0.39, 0.29) is 17.7 Å². The molecule has 134 valence electrons. The van der Waals surface area contributed by atoms with Crippen LogP contribution in [-0.2, 0) is 5.60 Å². The van der Waals surface area contributed by atoms with Crippen LogP contribution in [0.1, 0.15) is 18.4 Å². The zero-order chi connectivity index (χ0) is 17.9. The SMILES string of the molecule is OC1(c2ccc(-c3ccnc4[nH]cc(F)c34)cc2Cl)[C@@H]2CC[C@H]1CNC2. The average molecular weight is 372 g/mol. The number of aliphatic hydroxyl groups is 1. The minimum absolute atomic E-state index is 0.180.